The minimum Gasteiger partial charge on any atom is -0.754 e. The summed E-state index contributed by atoms with van der Waals surface area (Å²) in [6, 6.07) is 16.0. The van der Waals surface area contributed by atoms with E-state index in [4.69, 9.17) is 0 Å². The minimum absolute atomic E-state index is 0.377. The van der Waals surface area contributed by atoms with Crippen LogP contribution >= 0.6 is 0 Å². The van der Waals surface area contributed by atoms with E-state index in [-0.39, 0.29) is 0 Å². The van der Waals surface area contributed by atoms with Crippen molar-refractivity contribution in [3.8, 4) is 0 Å². The summed E-state index contributed by atoms with van der Waals surface area (Å²) in [5.74, 6) is 0. The van der Waals surface area contributed by atoms with Crippen molar-refractivity contribution in [2.24, 2.45) is 0 Å². The van der Waals surface area contributed by atoms with Gasteiger partial charge in [0.2, 0.25) is 0 Å². The molecule has 96 valence electrons. The molecule has 2 aromatic carbocycles. The molecule has 4 nitrogen and oxygen atoms in total. The molecule has 2 aromatic rings. The number of hydrogen-bond acceptors (Lipinski definition) is 4. The first-order chi connectivity index (χ1) is 9.20. The first-order valence-electron chi connectivity index (χ1n) is 6.00. The predicted molar refractivity (Wildman–Crippen MR) is 77.2 cm³/mol. The van der Waals surface area contributed by atoms with Crippen LogP contribution in [0.2, 0.25) is 0 Å². The van der Waals surface area contributed by atoms with E-state index in [1.165, 1.54) is 0 Å². The molecule has 0 spiro atoms. The van der Waals surface area contributed by atoms with Crippen molar-refractivity contribution < 1.29 is 0 Å². The molecule has 1 aliphatic rings. The van der Waals surface area contributed by atoms with Crippen LogP contribution in [0.5, 0.6) is 0 Å². The molecule has 0 radical (unpaired) electrons. The lowest BCUT2D eigenvalue weighted by Crippen LogP contribution is -2.28. The van der Waals surface area contributed by atoms with E-state index in [1.54, 1.807) is 31.2 Å². The fraction of sp³-hybridized carbons (Fsp3) is 0.0667. The zero-order valence-electron chi connectivity index (χ0n) is 10.4. The number of rotatable bonds is 1. The Morgan fingerprint density at radius 3 is 1.89 bits per heavy atom. The van der Waals surface area contributed by atoms with Gasteiger partial charge in [0, 0.05) is 5.70 Å². The Balaban J connectivity index is 2.19. The number of hydrogen-bond donors (Lipinski definition) is 0. The Labute approximate surface area is 111 Å². The van der Waals surface area contributed by atoms with Crippen LogP contribution in [-0.4, -0.2) is 0 Å². The lowest BCUT2D eigenvalue weighted by molar-refractivity contribution is 1.09. The molecule has 0 unspecified atom stereocenters. The lowest BCUT2D eigenvalue weighted by atomic mass is 10.1. The fourth-order valence-corrected chi connectivity index (χ4v) is 2.27. The summed E-state index contributed by atoms with van der Waals surface area (Å²) in [6.45, 7) is 1.66. The Morgan fingerprint density at radius 2 is 1.26 bits per heavy atom. The molecule has 0 saturated heterocycles. The van der Waals surface area contributed by atoms with Gasteiger partial charge in [-0.3, -0.25) is 0 Å². The van der Waals surface area contributed by atoms with Crippen molar-refractivity contribution in [2.45, 2.75) is 6.92 Å². The smallest absolute Gasteiger partial charge is 0.0565 e. The number of nitrogens with zero attached hydrogens (tertiary/aromatic N) is 2. The second-order valence-corrected chi connectivity index (χ2v) is 4.38. The fourth-order valence-electron chi connectivity index (χ4n) is 2.27. The van der Waals surface area contributed by atoms with E-state index in [0.717, 1.165) is 15.7 Å². The maximum absolute atomic E-state index is 12.5. The molecule has 0 amide bonds. The van der Waals surface area contributed by atoms with Crippen LogP contribution in [0, 0.1) is 10.4 Å². The molecule has 0 fully saturated rings. The molecular formula is C15H12N2O2-2. The monoisotopic (exact) mass is 252 g/mol. The van der Waals surface area contributed by atoms with Gasteiger partial charge in [-0.1, -0.05) is 42.5 Å². The minimum atomic E-state index is 0.377. The average molecular weight is 252 g/mol. The molecule has 1 heterocycles. The van der Waals surface area contributed by atoms with Crippen molar-refractivity contribution in [2.75, 3.05) is 10.1 Å². The van der Waals surface area contributed by atoms with E-state index in [9.17, 15) is 10.4 Å². The first kappa shape index (κ1) is 11.8. The van der Waals surface area contributed by atoms with Gasteiger partial charge in [0.1, 0.15) is 0 Å². The summed E-state index contributed by atoms with van der Waals surface area (Å²) in [6.07, 6.45) is 0. The zero-order chi connectivity index (χ0) is 13.4. The van der Waals surface area contributed by atoms with Gasteiger partial charge in [-0.15, -0.1) is 0 Å². The molecule has 0 atom stereocenters. The van der Waals surface area contributed by atoms with Crippen molar-refractivity contribution in [3.63, 3.8) is 0 Å². The SMILES string of the molecule is CC1=C(c2ccccc2)N([O-])c2ccccc2N1[O-]. The molecule has 3 rings (SSSR count). The summed E-state index contributed by atoms with van der Waals surface area (Å²) in [7, 11) is 0. The van der Waals surface area contributed by atoms with Crippen LogP contribution in [0.15, 0.2) is 60.3 Å². The van der Waals surface area contributed by atoms with Gasteiger partial charge in [0.05, 0.1) is 17.1 Å². The van der Waals surface area contributed by atoms with Crippen molar-refractivity contribution >= 4 is 17.1 Å². The summed E-state index contributed by atoms with van der Waals surface area (Å²) >= 11 is 0. The highest BCUT2D eigenvalue weighted by Gasteiger charge is 2.19. The summed E-state index contributed by atoms with van der Waals surface area (Å²) < 4.78 is 0. The molecule has 0 saturated carbocycles. The van der Waals surface area contributed by atoms with Gasteiger partial charge >= 0.3 is 0 Å². The van der Waals surface area contributed by atoms with E-state index < -0.39 is 0 Å². The maximum atomic E-state index is 12.5. The molecule has 19 heavy (non-hydrogen) atoms. The van der Waals surface area contributed by atoms with Gasteiger partial charge in [-0.05, 0) is 24.6 Å². The molecule has 0 aromatic heterocycles. The number of anilines is 2. The molecule has 0 bridgehead atoms. The van der Waals surface area contributed by atoms with Gasteiger partial charge in [-0.2, -0.15) is 0 Å². The quantitative estimate of drug-likeness (QED) is 0.776. The third-order valence-electron chi connectivity index (χ3n) is 3.22. The molecule has 0 aliphatic carbocycles. The van der Waals surface area contributed by atoms with Crippen molar-refractivity contribution in [1.29, 1.82) is 0 Å². The van der Waals surface area contributed by atoms with Crippen LogP contribution < -0.4 is 10.1 Å². The van der Waals surface area contributed by atoms with Gasteiger partial charge in [-0.25, -0.2) is 0 Å². The van der Waals surface area contributed by atoms with Crippen LogP contribution in [0.4, 0.5) is 11.4 Å². The van der Waals surface area contributed by atoms with Crippen LogP contribution in [0.1, 0.15) is 12.5 Å². The van der Waals surface area contributed by atoms with E-state index in [2.05, 4.69) is 0 Å². The van der Waals surface area contributed by atoms with E-state index >= 15 is 0 Å². The number of benzene rings is 2. The van der Waals surface area contributed by atoms with Gasteiger partial charge in [0.25, 0.3) is 0 Å². The lowest BCUT2D eigenvalue weighted by Gasteiger charge is -2.47. The van der Waals surface area contributed by atoms with E-state index in [1.807, 2.05) is 30.3 Å². The predicted octanol–water partition coefficient (Wildman–Crippen LogP) is 3.70. The normalized spacial score (nSPS) is 14.7. The Bertz CT molecular complexity index is 638. The summed E-state index contributed by atoms with van der Waals surface area (Å²) in [5.41, 5.74) is 2.30. The maximum Gasteiger partial charge on any atom is 0.0565 e. The number of fused-ring (bicyclic) bond motifs is 1. The molecule has 1 aliphatic heterocycles. The summed E-state index contributed by atoms with van der Waals surface area (Å²) in [5, 5.41) is 26.3. The third kappa shape index (κ3) is 1.78. The van der Waals surface area contributed by atoms with Crippen LogP contribution in [0.3, 0.4) is 0 Å². The number of para-hydroxylation sites is 2. The van der Waals surface area contributed by atoms with Gasteiger partial charge < -0.3 is 20.5 Å². The third-order valence-corrected chi connectivity index (χ3v) is 3.22. The van der Waals surface area contributed by atoms with Crippen LogP contribution in [-0.2, 0) is 0 Å². The van der Waals surface area contributed by atoms with Gasteiger partial charge in [0.15, 0.2) is 0 Å². The zero-order valence-corrected chi connectivity index (χ0v) is 10.4. The Kier molecular flexibility index (Phi) is 2.74. The molecule has 4 heteroatoms. The second-order valence-electron chi connectivity index (χ2n) is 4.38. The second kappa shape index (κ2) is 4.42. The first-order valence-corrected chi connectivity index (χ1v) is 6.00. The largest absolute Gasteiger partial charge is 0.754 e. The molecular weight excluding hydrogens is 240 g/mol. The van der Waals surface area contributed by atoms with Crippen LogP contribution in [0.25, 0.3) is 5.70 Å². The highest BCUT2D eigenvalue weighted by atomic mass is 16.5. The topological polar surface area (TPSA) is 52.6 Å². The number of hydroxylamine groups is 2. The molecule has 0 N–H and O–H groups in total. The highest BCUT2D eigenvalue weighted by molar-refractivity contribution is 5.93. The standard InChI is InChI=1S/C15H12N2O2/c1-11-15(12-7-3-2-4-8-12)17(19)14-10-6-5-9-13(14)16(11)18/h2-10H,1H3/q-2. The summed E-state index contributed by atoms with van der Waals surface area (Å²) in [4.78, 5) is 0. The highest BCUT2D eigenvalue weighted by Crippen LogP contribution is 2.41. The van der Waals surface area contributed by atoms with E-state index in [0.29, 0.717) is 22.8 Å². The van der Waals surface area contributed by atoms with Crippen molar-refractivity contribution in [1.82, 2.24) is 0 Å². The number of allylic oxidation sites excluding steroid dienone is 1. The Hall–Kier alpha value is -2.30. The average Bonchev–Trinajstić information content (AvgIpc) is 2.46. The van der Waals surface area contributed by atoms with Crippen molar-refractivity contribution in [3.05, 3.63) is 76.3 Å². The Morgan fingerprint density at radius 1 is 0.737 bits per heavy atom.